The van der Waals surface area contributed by atoms with Gasteiger partial charge >= 0.3 is 0 Å². The lowest BCUT2D eigenvalue weighted by atomic mass is 10.0. The Labute approximate surface area is 126 Å². The molecule has 4 nitrogen and oxygen atoms in total. The minimum Gasteiger partial charge on any atom is -0.493 e. The van der Waals surface area contributed by atoms with Crippen LogP contribution in [-0.4, -0.2) is 38.2 Å². The van der Waals surface area contributed by atoms with Crippen LogP contribution in [-0.2, 0) is 6.54 Å². The molecule has 0 spiro atoms. The molecule has 21 heavy (non-hydrogen) atoms. The second-order valence-corrected chi connectivity index (χ2v) is 5.85. The molecule has 1 N–H and O–H groups in total. The first-order valence-corrected chi connectivity index (χ1v) is 7.74. The van der Waals surface area contributed by atoms with Crippen LogP contribution in [0.2, 0.25) is 0 Å². The van der Waals surface area contributed by atoms with Gasteiger partial charge in [0, 0.05) is 18.0 Å². The van der Waals surface area contributed by atoms with Gasteiger partial charge in [0.05, 0.1) is 13.7 Å². The summed E-state index contributed by atoms with van der Waals surface area (Å²) in [6.07, 6.45) is 3.96. The van der Waals surface area contributed by atoms with Crippen molar-refractivity contribution < 1.29 is 9.15 Å². The second-order valence-electron chi connectivity index (χ2n) is 5.85. The molecule has 2 heterocycles. The number of likely N-dealkylation sites (N-methyl/N-ethyl adjacent to an activating group) is 1. The van der Waals surface area contributed by atoms with Crippen LogP contribution < -0.4 is 10.1 Å². The Balaban J connectivity index is 1.60. The van der Waals surface area contributed by atoms with Crippen LogP contribution in [0.5, 0.6) is 5.75 Å². The maximum absolute atomic E-state index is 5.91. The fraction of sp³-hybridized carbons (Fsp3) is 0.529. The highest BCUT2D eigenvalue weighted by Crippen LogP contribution is 2.28. The monoisotopic (exact) mass is 288 g/mol. The molecule has 0 bridgehead atoms. The van der Waals surface area contributed by atoms with Gasteiger partial charge in [-0.05, 0) is 38.6 Å². The quantitative estimate of drug-likeness (QED) is 0.918. The van der Waals surface area contributed by atoms with Crippen molar-refractivity contribution in [3.05, 3.63) is 30.0 Å². The number of para-hydroxylation sites is 1. The average Bonchev–Trinajstić information content (AvgIpc) is 2.92. The summed E-state index contributed by atoms with van der Waals surface area (Å²) >= 11 is 0. The first-order chi connectivity index (χ1) is 10.3. The third-order valence-corrected chi connectivity index (χ3v) is 4.38. The molecule has 1 aliphatic heterocycles. The number of nitrogens with one attached hydrogen (secondary N) is 1. The Bertz CT molecular complexity index is 593. The molecule has 2 aromatic rings. The summed E-state index contributed by atoms with van der Waals surface area (Å²) in [5, 5.41) is 4.62. The van der Waals surface area contributed by atoms with Gasteiger partial charge in [-0.2, -0.15) is 0 Å². The van der Waals surface area contributed by atoms with Gasteiger partial charge in [-0.25, -0.2) is 0 Å². The molecule has 1 aromatic carbocycles. The van der Waals surface area contributed by atoms with E-state index >= 15 is 0 Å². The topological polar surface area (TPSA) is 37.6 Å². The summed E-state index contributed by atoms with van der Waals surface area (Å²) in [6.45, 7) is 3.00. The molecule has 0 saturated carbocycles. The van der Waals surface area contributed by atoms with E-state index in [1.54, 1.807) is 7.11 Å². The highest BCUT2D eigenvalue weighted by molar-refractivity contribution is 5.83. The molecule has 1 aromatic heterocycles. The van der Waals surface area contributed by atoms with E-state index < -0.39 is 0 Å². The molecule has 1 fully saturated rings. The van der Waals surface area contributed by atoms with Gasteiger partial charge in [-0.15, -0.1) is 0 Å². The van der Waals surface area contributed by atoms with E-state index in [4.69, 9.17) is 9.15 Å². The number of hydrogen-bond donors (Lipinski definition) is 1. The number of methoxy groups -OCH3 is 1. The van der Waals surface area contributed by atoms with Gasteiger partial charge in [0.2, 0.25) is 0 Å². The van der Waals surface area contributed by atoms with E-state index in [0.29, 0.717) is 6.04 Å². The van der Waals surface area contributed by atoms with Crippen LogP contribution in [0.15, 0.2) is 28.7 Å². The Morgan fingerprint density at radius 2 is 2.29 bits per heavy atom. The van der Waals surface area contributed by atoms with E-state index in [9.17, 15) is 0 Å². The normalized spacial score (nSPS) is 20.0. The molecule has 1 atom stereocenters. The SMILES string of the molecule is COc1cccc2cc(CNCC3CCCCN3C)oc12. The molecule has 1 unspecified atom stereocenters. The minimum atomic E-state index is 0.651. The molecule has 1 saturated heterocycles. The number of hydrogen-bond acceptors (Lipinski definition) is 4. The summed E-state index contributed by atoms with van der Waals surface area (Å²) in [4.78, 5) is 2.46. The van der Waals surface area contributed by atoms with Gasteiger partial charge in [0.15, 0.2) is 11.3 Å². The molecular weight excluding hydrogens is 264 g/mol. The van der Waals surface area contributed by atoms with Crippen molar-refractivity contribution in [3.63, 3.8) is 0 Å². The highest BCUT2D eigenvalue weighted by atomic mass is 16.5. The second kappa shape index (κ2) is 6.50. The van der Waals surface area contributed by atoms with Crippen molar-refractivity contribution >= 4 is 11.0 Å². The fourth-order valence-electron chi connectivity index (χ4n) is 3.10. The van der Waals surface area contributed by atoms with E-state index in [1.165, 1.54) is 25.8 Å². The summed E-state index contributed by atoms with van der Waals surface area (Å²) in [5.41, 5.74) is 0.839. The van der Waals surface area contributed by atoms with Crippen molar-refractivity contribution in [1.29, 1.82) is 0 Å². The maximum Gasteiger partial charge on any atom is 0.176 e. The predicted molar refractivity (Wildman–Crippen MR) is 84.7 cm³/mol. The zero-order chi connectivity index (χ0) is 14.7. The van der Waals surface area contributed by atoms with Gasteiger partial charge in [0.25, 0.3) is 0 Å². The van der Waals surface area contributed by atoms with Crippen molar-refractivity contribution in [2.75, 3.05) is 27.2 Å². The Hall–Kier alpha value is -1.52. The third kappa shape index (κ3) is 3.22. The number of furan rings is 1. The van der Waals surface area contributed by atoms with Crippen molar-refractivity contribution in [2.24, 2.45) is 0 Å². The van der Waals surface area contributed by atoms with Gasteiger partial charge in [-0.3, -0.25) is 0 Å². The third-order valence-electron chi connectivity index (χ3n) is 4.38. The van der Waals surface area contributed by atoms with Crippen molar-refractivity contribution in [3.8, 4) is 5.75 Å². The Kier molecular flexibility index (Phi) is 4.46. The Morgan fingerprint density at radius 3 is 3.10 bits per heavy atom. The van der Waals surface area contributed by atoms with Crippen molar-refractivity contribution in [1.82, 2.24) is 10.2 Å². The van der Waals surface area contributed by atoms with Crippen LogP contribution in [0.3, 0.4) is 0 Å². The molecule has 114 valence electrons. The lowest BCUT2D eigenvalue weighted by Crippen LogP contribution is -2.42. The average molecular weight is 288 g/mol. The van der Waals surface area contributed by atoms with Crippen LogP contribution in [0.4, 0.5) is 0 Å². The molecular formula is C17H24N2O2. The first kappa shape index (κ1) is 14.4. The largest absolute Gasteiger partial charge is 0.493 e. The Morgan fingerprint density at radius 1 is 1.38 bits per heavy atom. The van der Waals surface area contributed by atoms with Crippen LogP contribution in [0.1, 0.15) is 25.0 Å². The number of piperidine rings is 1. The number of likely N-dealkylation sites (tertiary alicyclic amines) is 1. The maximum atomic E-state index is 5.91. The highest BCUT2D eigenvalue weighted by Gasteiger charge is 2.18. The molecule has 3 rings (SSSR count). The molecule has 0 aliphatic carbocycles. The van der Waals surface area contributed by atoms with Crippen LogP contribution in [0, 0.1) is 0 Å². The van der Waals surface area contributed by atoms with Crippen LogP contribution >= 0.6 is 0 Å². The number of nitrogens with zero attached hydrogens (tertiary/aromatic N) is 1. The smallest absolute Gasteiger partial charge is 0.176 e. The fourth-order valence-corrected chi connectivity index (χ4v) is 3.10. The zero-order valence-corrected chi connectivity index (χ0v) is 12.9. The lowest BCUT2D eigenvalue weighted by molar-refractivity contribution is 0.180. The van der Waals surface area contributed by atoms with Gasteiger partial charge in [0.1, 0.15) is 5.76 Å². The van der Waals surface area contributed by atoms with Crippen LogP contribution in [0.25, 0.3) is 11.0 Å². The number of ether oxygens (including phenoxy) is 1. The van der Waals surface area contributed by atoms with E-state index in [2.05, 4.69) is 29.4 Å². The van der Waals surface area contributed by atoms with E-state index in [0.717, 1.165) is 35.6 Å². The van der Waals surface area contributed by atoms with E-state index in [-0.39, 0.29) is 0 Å². The lowest BCUT2D eigenvalue weighted by Gasteiger charge is -2.32. The summed E-state index contributed by atoms with van der Waals surface area (Å²) in [5.74, 6) is 1.76. The molecule has 1 aliphatic rings. The minimum absolute atomic E-state index is 0.651. The molecule has 4 heteroatoms. The first-order valence-electron chi connectivity index (χ1n) is 7.74. The molecule has 0 amide bonds. The number of rotatable bonds is 5. The van der Waals surface area contributed by atoms with Crippen molar-refractivity contribution in [2.45, 2.75) is 31.8 Å². The van der Waals surface area contributed by atoms with Gasteiger partial charge in [-0.1, -0.05) is 18.6 Å². The standard InChI is InChI=1S/C17H24N2O2/c1-19-9-4-3-7-14(19)11-18-12-15-10-13-6-5-8-16(20-2)17(13)21-15/h5-6,8,10,14,18H,3-4,7,9,11-12H2,1-2H3. The number of benzene rings is 1. The summed E-state index contributed by atoms with van der Waals surface area (Å²) in [6, 6.07) is 8.72. The van der Waals surface area contributed by atoms with Gasteiger partial charge < -0.3 is 19.4 Å². The zero-order valence-electron chi connectivity index (χ0n) is 12.9. The molecule has 0 radical (unpaired) electrons. The predicted octanol–water partition coefficient (Wildman–Crippen LogP) is 3.02. The van der Waals surface area contributed by atoms with E-state index in [1.807, 2.05) is 12.1 Å². The number of fused-ring (bicyclic) bond motifs is 1. The summed E-state index contributed by atoms with van der Waals surface area (Å²) in [7, 11) is 3.89. The summed E-state index contributed by atoms with van der Waals surface area (Å²) < 4.78 is 11.2.